The Balaban J connectivity index is 1.19. The molecule has 39 heavy (non-hydrogen) atoms. The van der Waals surface area contributed by atoms with Crippen molar-refractivity contribution in [1.29, 1.82) is 0 Å². The summed E-state index contributed by atoms with van der Waals surface area (Å²) in [4.78, 5) is 40.0. The number of hydrogen-bond acceptors (Lipinski definition) is 5. The molecule has 0 saturated heterocycles. The maximum Gasteiger partial charge on any atom is 0.408 e. The molecule has 0 bridgehead atoms. The Morgan fingerprint density at radius 3 is 2.10 bits per heavy atom. The van der Waals surface area contributed by atoms with E-state index in [1.54, 1.807) is 0 Å². The fraction of sp³-hybridized carbons (Fsp3) is 0.323. The van der Waals surface area contributed by atoms with Crippen LogP contribution in [0.2, 0.25) is 0 Å². The molecule has 1 atom stereocenters. The quantitative estimate of drug-likeness (QED) is 0.366. The summed E-state index contributed by atoms with van der Waals surface area (Å²) in [6, 6.07) is 24.7. The summed E-state index contributed by atoms with van der Waals surface area (Å²) >= 11 is 0. The number of fused-ring (bicyclic) bond motifs is 3. The smallest absolute Gasteiger partial charge is 0.408 e. The highest BCUT2D eigenvalue weighted by atomic mass is 16.5. The molecule has 3 aromatic carbocycles. The summed E-state index contributed by atoms with van der Waals surface area (Å²) < 4.78 is 5.65. The molecule has 2 aliphatic rings. The lowest BCUT2D eigenvalue weighted by molar-refractivity contribution is -0.144. The number of alkyl carbamates (subject to hydrolysis) is 1. The van der Waals surface area contributed by atoms with E-state index in [9.17, 15) is 19.5 Å². The molecule has 2 amide bonds. The predicted molar refractivity (Wildman–Crippen MR) is 147 cm³/mol. The largest absolute Gasteiger partial charge is 0.480 e. The van der Waals surface area contributed by atoms with E-state index in [4.69, 9.17) is 4.74 Å². The number of carbonyl (C=O) groups is 3. The molecule has 3 aromatic rings. The minimum Gasteiger partial charge on any atom is -0.480 e. The Hall–Kier alpha value is -4.17. The van der Waals surface area contributed by atoms with Gasteiger partial charge in [-0.25, -0.2) is 9.59 Å². The molecule has 0 heterocycles. The van der Waals surface area contributed by atoms with Gasteiger partial charge in [-0.3, -0.25) is 9.69 Å². The number of aliphatic carboxylic acids is 1. The maximum absolute atomic E-state index is 13.3. The van der Waals surface area contributed by atoms with E-state index in [-0.39, 0.29) is 19.1 Å². The second-order valence-corrected chi connectivity index (χ2v) is 10.4. The summed E-state index contributed by atoms with van der Waals surface area (Å²) in [5.41, 5.74) is 4.34. The number of ether oxygens (including phenoxy) is 1. The topological polar surface area (TPSA) is 108 Å². The Morgan fingerprint density at radius 1 is 0.949 bits per heavy atom. The van der Waals surface area contributed by atoms with Crippen molar-refractivity contribution in [3.8, 4) is 11.1 Å². The lowest BCUT2D eigenvalue weighted by Gasteiger charge is -2.41. The van der Waals surface area contributed by atoms with Crippen molar-refractivity contribution in [2.24, 2.45) is 0 Å². The Labute approximate surface area is 228 Å². The number of hydrogen-bond donors (Lipinski definition) is 3. The second kappa shape index (κ2) is 11.3. The van der Waals surface area contributed by atoms with Gasteiger partial charge in [0, 0.05) is 19.0 Å². The molecule has 0 spiro atoms. The van der Waals surface area contributed by atoms with E-state index in [1.165, 1.54) is 0 Å². The van der Waals surface area contributed by atoms with Crippen molar-refractivity contribution < 1.29 is 24.2 Å². The summed E-state index contributed by atoms with van der Waals surface area (Å²) in [6.45, 7) is 0.806. The van der Waals surface area contributed by atoms with Crippen molar-refractivity contribution in [3.63, 3.8) is 0 Å². The van der Waals surface area contributed by atoms with Gasteiger partial charge in [0.05, 0.1) is 0 Å². The highest BCUT2D eigenvalue weighted by Gasteiger charge is 2.47. The minimum absolute atomic E-state index is 0.0918. The number of carboxylic acids is 1. The average Bonchev–Trinajstić information content (AvgIpc) is 3.23. The molecule has 0 radical (unpaired) electrons. The number of nitrogens with one attached hydrogen (secondary N) is 2. The summed E-state index contributed by atoms with van der Waals surface area (Å²) in [5, 5.41) is 15.2. The van der Waals surface area contributed by atoms with Gasteiger partial charge in [-0.05, 0) is 54.1 Å². The Bertz CT molecular complexity index is 1310. The Kier molecular flexibility index (Phi) is 7.65. The van der Waals surface area contributed by atoms with E-state index in [2.05, 4.69) is 22.8 Å². The van der Waals surface area contributed by atoms with Crippen LogP contribution in [0, 0.1) is 0 Å². The van der Waals surface area contributed by atoms with Gasteiger partial charge < -0.3 is 20.5 Å². The zero-order valence-electron chi connectivity index (χ0n) is 21.9. The molecule has 0 aliphatic heterocycles. The lowest BCUT2D eigenvalue weighted by Crippen LogP contribution is -2.65. The first-order chi connectivity index (χ1) is 18.9. The Morgan fingerprint density at radius 2 is 1.54 bits per heavy atom. The van der Waals surface area contributed by atoms with Gasteiger partial charge in [-0.2, -0.15) is 0 Å². The van der Waals surface area contributed by atoms with Crippen LogP contribution >= 0.6 is 0 Å². The number of carbonyl (C=O) groups excluding carboxylic acids is 2. The third-order valence-corrected chi connectivity index (χ3v) is 7.72. The van der Waals surface area contributed by atoms with E-state index in [1.807, 2.05) is 78.7 Å². The van der Waals surface area contributed by atoms with E-state index in [0.29, 0.717) is 19.4 Å². The molecule has 8 heteroatoms. The summed E-state index contributed by atoms with van der Waals surface area (Å²) in [7, 11) is 1.81. The molecule has 1 unspecified atom stereocenters. The first-order valence-electron chi connectivity index (χ1n) is 13.3. The predicted octanol–water partition coefficient (Wildman–Crippen LogP) is 4.15. The van der Waals surface area contributed by atoms with Crippen LogP contribution in [0.15, 0.2) is 78.9 Å². The van der Waals surface area contributed by atoms with Crippen molar-refractivity contribution in [2.75, 3.05) is 20.2 Å². The van der Waals surface area contributed by atoms with E-state index < -0.39 is 29.6 Å². The number of rotatable bonds is 10. The fourth-order valence-corrected chi connectivity index (χ4v) is 5.52. The number of amides is 2. The summed E-state index contributed by atoms with van der Waals surface area (Å²) in [6.07, 6.45) is 0.924. The van der Waals surface area contributed by atoms with Gasteiger partial charge >= 0.3 is 12.1 Å². The molecule has 1 saturated carbocycles. The van der Waals surface area contributed by atoms with Gasteiger partial charge in [-0.1, -0.05) is 78.9 Å². The van der Waals surface area contributed by atoms with Crippen LogP contribution in [0.4, 0.5) is 4.79 Å². The molecular weight excluding hydrogens is 494 g/mol. The van der Waals surface area contributed by atoms with E-state index >= 15 is 0 Å². The fourth-order valence-electron chi connectivity index (χ4n) is 5.52. The van der Waals surface area contributed by atoms with Crippen LogP contribution in [-0.4, -0.2) is 59.8 Å². The van der Waals surface area contributed by atoms with Crippen molar-refractivity contribution in [2.45, 2.75) is 43.3 Å². The normalized spacial score (nSPS) is 15.9. The van der Waals surface area contributed by atoms with Crippen molar-refractivity contribution >= 4 is 18.0 Å². The number of benzene rings is 3. The number of carboxylic acid groups (broad SMARTS) is 1. The minimum atomic E-state index is -1.17. The molecule has 202 valence electrons. The molecule has 5 rings (SSSR count). The molecule has 3 N–H and O–H groups in total. The molecule has 1 fully saturated rings. The van der Waals surface area contributed by atoms with E-state index in [0.717, 1.165) is 34.2 Å². The van der Waals surface area contributed by atoms with Gasteiger partial charge in [0.1, 0.15) is 18.2 Å². The molecule has 8 nitrogen and oxygen atoms in total. The second-order valence-electron chi connectivity index (χ2n) is 10.4. The number of nitrogens with zero attached hydrogens (tertiary/aromatic N) is 1. The van der Waals surface area contributed by atoms with Crippen LogP contribution < -0.4 is 10.6 Å². The highest BCUT2D eigenvalue weighted by molar-refractivity contribution is 5.93. The molecule has 2 aliphatic carbocycles. The third-order valence-electron chi connectivity index (χ3n) is 7.72. The van der Waals surface area contributed by atoms with Crippen LogP contribution in [-0.2, 0) is 20.9 Å². The lowest BCUT2D eigenvalue weighted by atomic mass is 9.76. The maximum atomic E-state index is 13.3. The van der Waals surface area contributed by atoms with Gasteiger partial charge in [0.15, 0.2) is 0 Å². The van der Waals surface area contributed by atoms with Crippen molar-refractivity contribution in [1.82, 2.24) is 15.5 Å². The van der Waals surface area contributed by atoms with Crippen LogP contribution in [0.25, 0.3) is 11.1 Å². The van der Waals surface area contributed by atoms with Crippen molar-refractivity contribution in [3.05, 3.63) is 95.6 Å². The van der Waals surface area contributed by atoms with Gasteiger partial charge in [-0.15, -0.1) is 0 Å². The SMILES string of the molecule is CN(Cc1ccccc1)CC(NC(=O)C1(NC(=O)OCC2c3ccccc3-c3ccccc32)CCC1)C(=O)O. The highest BCUT2D eigenvalue weighted by Crippen LogP contribution is 2.44. The zero-order chi connectivity index (χ0) is 27.4. The third kappa shape index (κ3) is 5.66. The molecule has 0 aromatic heterocycles. The standard InChI is InChI=1S/C31H33N3O5/c1-34(18-21-10-3-2-4-11-21)19-27(28(35)36)32-29(37)31(16-9-17-31)33-30(38)39-20-26-24-14-7-5-12-22(24)23-13-6-8-15-25(23)26/h2-8,10-15,26-27H,9,16-20H2,1H3,(H,32,37)(H,33,38)(H,35,36). The van der Waals surface area contributed by atoms with Gasteiger partial charge in [0.2, 0.25) is 5.91 Å². The van der Waals surface area contributed by atoms with Crippen LogP contribution in [0.5, 0.6) is 0 Å². The van der Waals surface area contributed by atoms with Gasteiger partial charge in [0.25, 0.3) is 0 Å². The zero-order valence-corrected chi connectivity index (χ0v) is 21.9. The van der Waals surface area contributed by atoms with Crippen LogP contribution in [0.1, 0.15) is 41.9 Å². The average molecular weight is 528 g/mol. The van der Waals surface area contributed by atoms with Crippen LogP contribution in [0.3, 0.4) is 0 Å². The first kappa shape index (κ1) is 26.4. The summed E-state index contributed by atoms with van der Waals surface area (Å²) in [5.74, 6) is -1.72. The number of likely N-dealkylation sites (N-methyl/N-ethyl adjacent to an activating group) is 1. The monoisotopic (exact) mass is 527 g/mol. The molecular formula is C31H33N3O5. The first-order valence-corrected chi connectivity index (χ1v) is 13.3.